The average molecular weight is 394 g/mol. The van der Waals surface area contributed by atoms with Crippen molar-refractivity contribution in [3.05, 3.63) is 95.9 Å². The van der Waals surface area contributed by atoms with E-state index in [0.29, 0.717) is 11.5 Å². The summed E-state index contributed by atoms with van der Waals surface area (Å²) in [5, 5.41) is 4.86. The molecule has 3 aromatic carbocycles. The van der Waals surface area contributed by atoms with Crippen LogP contribution in [0.1, 0.15) is 11.1 Å². The van der Waals surface area contributed by atoms with Crippen LogP contribution in [-0.2, 0) is 0 Å². The molecule has 4 nitrogen and oxygen atoms in total. The third kappa shape index (κ3) is 3.35. The highest BCUT2D eigenvalue weighted by molar-refractivity contribution is 5.79. The molecular weight excluding hydrogens is 375 g/mol. The van der Waals surface area contributed by atoms with Crippen LogP contribution in [0.5, 0.6) is 0 Å². The van der Waals surface area contributed by atoms with Gasteiger partial charge in [0, 0.05) is 16.7 Å². The number of fused-ring (bicyclic) bond motifs is 1. The summed E-state index contributed by atoms with van der Waals surface area (Å²) in [4.78, 5) is 9.49. The summed E-state index contributed by atoms with van der Waals surface area (Å²) in [6.07, 6.45) is 1.83. The second-order valence-electron chi connectivity index (χ2n) is 7.42. The smallest absolute Gasteiger partial charge is 0.209 e. The summed E-state index contributed by atoms with van der Waals surface area (Å²) in [5.74, 6) is 0.225. The molecule has 0 aliphatic rings. The Kier molecular flexibility index (Phi) is 4.36. The molecule has 0 radical (unpaired) electrons. The number of rotatable bonds is 3. The SMILES string of the molecule is Cc1ccc(-c2nc3nc(-c4ccc(F)cc4)cn3nc2-c2ccc(C)cc2)cc1. The predicted octanol–water partition coefficient (Wildman–Crippen LogP) is 5.88. The standard InChI is InChI=1S/C25H19FN4/c1-16-3-7-19(8-4-16)23-24(20-9-5-17(2)6-10-20)29-30-15-22(27-25(30)28-23)18-11-13-21(26)14-12-18/h3-15H,1-2H3. The first kappa shape index (κ1) is 18.2. The molecule has 0 saturated carbocycles. The molecule has 5 aromatic rings. The number of hydrogen-bond donors (Lipinski definition) is 0. The van der Waals surface area contributed by atoms with Gasteiger partial charge < -0.3 is 0 Å². The van der Waals surface area contributed by atoms with Crippen molar-refractivity contribution in [1.29, 1.82) is 0 Å². The van der Waals surface area contributed by atoms with E-state index in [4.69, 9.17) is 10.1 Å². The van der Waals surface area contributed by atoms with Crippen molar-refractivity contribution in [3.63, 3.8) is 0 Å². The van der Waals surface area contributed by atoms with Gasteiger partial charge in [0.15, 0.2) is 0 Å². The Labute approximate surface area is 173 Å². The molecule has 5 heteroatoms. The van der Waals surface area contributed by atoms with Gasteiger partial charge in [-0.2, -0.15) is 5.10 Å². The Morgan fingerprint density at radius 3 is 1.77 bits per heavy atom. The van der Waals surface area contributed by atoms with E-state index < -0.39 is 0 Å². The highest BCUT2D eigenvalue weighted by Gasteiger charge is 2.16. The molecule has 0 unspecified atom stereocenters. The van der Waals surface area contributed by atoms with Crippen LogP contribution in [0.15, 0.2) is 79.0 Å². The van der Waals surface area contributed by atoms with Crippen molar-refractivity contribution < 1.29 is 4.39 Å². The lowest BCUT2D eigenvalue weighted by atomic mass is 10.0. The van der Waals surface area contributed by atoms with Crippen molar-refractivity contribution in [2.45, 2.75) is 13.8 Å². The highest BCUT2D eigenvalue weighted by atomic mass is 19.1. The molecule has 0 atom stereocenters. The van der Waals surface area contributed by atoms with Crippen LogP contribution < -0.4 is 0 Å². The maximum Gasteiger partial charge on any atom is 0.251 e. The molecule has 5 rings (SSSR count). The molecule has 146 valence electrons. The summed E-state index contributed by atoms with van der Waals surface area (Å²) >= 11 is 0. The number of nitrogens with zero attached hydrogens (tertiary/aromatic N) is 4. The van der Waals surface area contributed by atoms with Crippen molar-refractivity contribution in [3.8, 4) is 33.8 Å². The van der Waals surface area contributed by atoms with E-state index in [1.807, 2.05) is 6.20 Å². The Hall–Kier alpha value is -3.86. The van der Waals surface area contributed by atoms with Gasteiger partial charge in [-0.1, -0.05) is 59.7 Å². The quantitative estimate of drug-likeness (QED) is 0.384. The number of aryl methyl sites for hydroxylation is 2. The predicted molar refractivity (Wildman–Crippen MR) is 117 cm³/mol. The summed E-state index contributed by atoms with van der Waals surface area (Å²) in [6.45, 7) is 4.12. The Balaban J connectivity index is 1.72. The van der Waals surface area contributed by atoms with Gasteiger partial charge in [0.1, 0.15) is 17.2 Å². The minimum absolute atomic E-state index is 0.276. The van der Waals surface area contributed by atoms with Crippen molar-refractivity contribution in [2.24, 2.45) is 0 Å². The Bertz CT molecular complexity index is 1250. The van der Waals surface area contributed by atoms with E-state index in [9.17, 15) is 4.39 Å². The molecular formula is C25H19FN4. The fourth-order valence-electron chi connectivity index (χ4n) is 3.40. The molecule has 2 aromatic heterocycles. The lowest BCUT2D eigenvalue weighted by Gasteiger charge is -2.09. The van der Waals surface area contributed by atoms with Gasteiger partial charge in [0.05, 0.1) is 11.9 Å². The first-order valence-electron chi connectivity index (χ1n) is 9.74. The lowest BCUT2D eigenvalue weighted by Crippen LogP contribution is -2.01. The minimum Gasteiger partial charge on any atom is -0.209 e. The number of aromatic nitrogens is 4. The summed E-state index contributed by atoms with van der Waals surface area (Å²) in [5.41, 5.74) is 7.43. The minimum atomic E-state index is -0.276. The van der Waals surface area contributed by atoms with Crippen LogP contribution in [0.3, 0.4) is 0 Å². The zero-order chi connectivity index (χ0) is 20.7. The highest BCUT2D eigenvalue weighted by Crippen LogP contribution is 2.30. The summed E-state index contributed by atoms with van der Waals surface area (Å²) in [7, 11) is 0. The van der Waals surface area contributed by atoms with E-state index in [1.165, 1.54) is 23.3 Å². The zero-order valence-corrected chi connectivity index (χ0v) is 16.7. The summed E-state index contributed by atoms with van der Waals surface area (Å²) in [6, 6.07) is 22.8. The fraction of sp³-hybridized carbons (Fsp3) is 0.0800. The number of hydrogen-bond acceptors (Lipinski definition) is 3. The number of halogens is 1. The maximum atomic E-state index is 13.3. The van der Waals surface area contributed by atoms with Crippen LogP contribution >= 0.6 is 0 Å². The van der Waals surface area contributed by atoms with E-state index >= 15 is 0 Å². The van der Waals surface area contributed by atoms with Crippen LogP contribution in [0.2, 0.25) is 0 Å². The second kappa shape index (κ2) is 7.19. The van der Waals surface area contributed by atoms with Gasteiger partial charge in [-0.3, -0.25) is 0 Å². The van der Waals surface area contributed by atoms with E-state index in [2.05, 4.69) is 67.4 Å². The van der Waals surface area contributed by atoms with Crippen LogP contribution in [0.25, 0.3) is 39.5 Å². The van der Waals surface area contributed by atoms with Gasteiger partial charge in [-0.15, -0.1) is 0 Å². The van der Waals surface area contributed by atoms with Gasteiger partial charge >= 0.3 is 0 Å². The van der Waals surface area contributed by atoms with Crippen LogP contribution in [0.4, 0.5) is 4.39 Å². The maximum absolute atomic E-state index is 13.3. The summed E-state index contributed by atoms with van der Waals surface area (Å²) < 4.78 is 15.0. The van der Waals surface area contributed by atoms with Gasteiger partial charge in [0.25, 0.3) is 5.78 Å². The molecule has 0 N–H and O–H groups in total. The van der Waals surface area contributed by atoms with Gasteiger partial charge in [-0.25, -0.2) is 18.9 Å². The molecule has 0 aliphatic heterocycles. The van der Waals surface area contributed by atoms with Crippen molar-refractivity contribution in [1.82, 2.24) is 19.6 Å². The van der Waals surface area contributed by atoms with Crippen molar-refractivity contribution >= 4 is 5.78 Å². The van der Waals surface area contributed by atoms with Crippen molar-refractivity contribution in [2.75, 3.05) is 0 Å². The molecule has 0 fully saturated rings. The Morgan fingerprint density at radius 1 is 0.633 bits per heavy atom. The van der Waals surface area contributed by atoms with Crippen LogP contribution in [0, 0.1) is 19.7 Å². The normalized spacial score (nSPS) is 11.2. The topological polar surface area (TPSA) is 43.1 Å². The first-order chi connectivity index (χ1) is 14.6. The fourth-order valence-corrected chi connectivity index (χ4v) is 3.40. The molecule has 2 heterocycles. The van der Waals surface area contributed by atoms with Gasteiger partial charge in [-0.05, 0) is 38.1 Å². The average Bonchev–Trinajstić information content (AvgIpc) is 3.17. The molecule has 0 amide bonds. The largest absolute Gasteiger partial charge is 0.251 e. The van der Waals surface area contributed by atoms with E-state index in [1.54, 1.807) is 16.6 Å². The lowest BCUT2D eigenvalue weighted by molar-refractivity contribution is 0.628. The Morgan fingerprint density at radius 2 is 1.17 bits per heavy atom. The molecule has 0 bridgehead atoms. The second-order valence-corrected chi connectivity index (χ2v) is 7.42. The molecule has 30 heavy (non-hydrogen) atoms. The molecule has 0 saturated heterocycles. The number of imidazole rings is 1. The molecule has 0 aliphatic carbocycles. The third-order valence-corrected chi connectivity index (χ3v) is 5.10. The number of benzene rings is 3. The monoisotopic (exact) mass is 394 g/mol. The first-order valence-corrected chi connectivity index (χ1v) is 9.74. The van der Waals surface area contributed by atoms with Crippen LogP contribution in [-0.4, -0.2) is 19.6 Å². The van der Waals surface area contributed by atoms with Gasteiger partial charge in [0.2, 0.25) is 0 Å². The zero-order valence-electron chi connectivity index (χ0n) is 16.7. The van der Waals surface area contributed by atoms with E-state index in [-0.39, 0.29) is 5.82 Å². The molecule has 0 spiro atoms. The third-order valence-electron chi connectivity index (χ3n) is 5.10. The van der Waals surface area contributed by atoms with E-state index in [0.717, 1.165) is 28.1 Å².